The molecule has 0 aliphatic heterocycles. The Balaban J connectivity index is 1.81. The van der Waals surface area contributed by atoms with Crippen LogP contribution < -0.4 is 0 Å². The van der Waals surface area contributed by atoms with E-state index in [1.807, 2.05) is 0 Å². The van der Waals surface area contributed by atoms with Crippen molar-refractivity contribution in [2.75, 3.05) is 6.61 Å². The lowest BCUT2D eigenvalue weighted by molar-refractivity contribution is -0.122. The highest BCUT2D eigenvalue weighted by Crippen LogP contribution is 2.41. The number of rotatable bonds is 6. The van der Waals surface area contributed by atoms with Crippen LogP contribution in [0.5, 0.6) is 0 Å². The first-order valence-electron chi connectivity index (χ1n) is 8.95. The molecule has 2 N–H and O–H groups in total. The van der Waals surface area contributed by atoms with Crippen molar-refractivity contribution in [3.05, 3.63) is 52.8 Å². The molecule has 0 aromatic carbocycles. The van der Waals surface area contributed by atoms with E-state index in [4.69, 9.17) is 11.6 Å². The van der Waals surface area contributed by atoms with Gasteiger partial charge in [-0.05, 0) is 43.5 Å². The maximum atomic E-state index is 13.6. The van der Waals surface area contributed by atoms with E-state index in [2.05, 4.69) is 0 Å². The standard InChI is InChI=1S/C20H22ClF2NO3/c21-16-4-2-10-24-14(6-11-25)12-15(18(16)24)17(26)5-1-7-19(27)8-3-9-20(22,23)13-19/h1-2,4-5,10,12,25,27H,3,6-9,11,13H2/b5-1+. The van der Waals surface area contributed by atoms with Gasteiger partial charge in [-0.15, -0.1) is 0 Å². The number of aliphatic hydroxyl groups is 2. The zero-order chi connectivity index (χ0) is 19.7. The molecule has 0 amide bonds. The number of carbonyl (C=O) groups excluding carboxylic acids is 1. The van der Waals surface area contributed by atoms with E-state index >= 15 is 0 Å². The lowest BCUT2D eigenvalue weighted by atomic mass is 9.80. The van der Waals surface area contributed by atoms with Crippen molar-refractivity contribution in [1.29, 1.82) is 0 Å². The molecule has 4 nitrogen and oxygen atoms in total. The molecule has 1 atom stereocenters. The maximum Gasteiger partial charge on any atom is 0.250 e. The molecule has 2 heterocycles. The number of fused-ring (bicyclic) bond motifs is 1. The number of hydrogen-bond acceptors (Lipinski definition) is 3. The summed E-state index contributed by atoms with van der Waals surface area (Å²) in [6.45, 7) is -0.0661. The third-order valence-corrected chi connectivity index (χ3v) is 5.30. The Morgan fingerprint density at radius 2 is 2.15 bits per heavy atom. The number of nitrogens with zero attached hydrogens (tertiary/aromatic N) is 1. The average Bonchev–Trinajstić information content (AvgIpc) is 2.94. The number of ketones is 1. The Hall–Kier alpha value is -1.76. The Morgan fingerprint density at radius 1 is 1.37 bits per heavy atom. The number of aromatic nitrogens is 1. The van der Waals surface area contributed by atoms with Gasteiger partial charge in [0.25, 0.3) is 5.92 Å². The molecule has 0 spiro atoms. The van der Waals surface area contributed by atoms with Crippen LogP contribution in [-0.2, 0) is 6.42 Å². The van der Waals surface area contributed by atoms with Gasteiger partial charge in [0.1, 0.15) is 0 Å². The predicted octanol–water partition coefficient (Wildman–Crippen LogP) is 4.20. The summed E-state index contributed by atoms with van der Waals surface area (Å²) in [5.74, 6) is -3.19. The van der Waals surface area contributed by atoms with Gasteiger partial charge in [0.15, 0.2) is 5.78 Å². The van der Waals surface area contributed by atoms with Crippen molar-refractivity contribution in [1.82, 2.24) is 4.40 Å². The van der Waals surface area contributed by atoms with Crippen molar-refractivity contribution in [3.8, 4) is 0 Å². The topological polar surface area (TPSA) is 61.9 Å². The highest BCUT2D eigenvalue weighted by molar-refractivity contribution is 6.35. The SMILES string of the molecule is O=C(/C=C/CC1(O)CCCC(F)(F)C1)c1cc(CCO)n2cccc(Cl)c12. The lowest BCUT2D eigenvalue weighted by Crippen LogP contribution is -2.40. The fourth-order valence-electron chi connectivity index (χ4n) is 3.76. The molecule has 3 rings (SSSR count). The summed E-state index contributed by atoms with van der Waals surface area (Å²) in [4.78, 5) is 12.7. The van der Waals surface area contributed by atoms with Crippen LogP contribution in [0.25, 0.3) is 5.52 Å². The maximum absolute atomic E-state index is 13.6. The molecule has 27 heavy (non-hydrogen) atoms. The van der Waals surface area contributed by atoms with E-state index in [9.17, 15) is 23.8 Å². The van der Waals surface area contributed by atoms with Crippen LogP contribution in [0.3, 0.4) is 0 Å². The minimum absolute atomic E-state index is 0.00264. The monoisotopic (exact) mass is 397 g/mol. The third-order valence-electron chi connectivity index (χ3n) is 4.99. The smallest absolute Gasteiger partial charge is 0.250 e. The Bertz CT molecular complexity index is 877. The summed E-state index contributed by atoms with van der Waals surface area (Å²) < 4.78 is 28.9. The minimum atomic E-state index is -2.86. The molecule has 1 unspecified atom stereocenters. The molecular weight excluding hydrogens is 376 g/mol. The fourth-order valence-corrected chi connectivity index (χ4v) is 4.03. The van der Waals surface area contributed by atoms with Gasteiger partial charge in [-0.3, -0.25) is 4.79 Å². The molecule has 0 bridgehead atoms. The van der Waals surface area contributed by atoms with Crippen LogP contribution in [0.4, 0.5) is 8.78 Å². The van der Waals surface area contributed by atoms with E-state index in [-0.39, 0.29) is 31.7 Å². The average molecular weight is 398 g/mol. The van der Waals surface area contributed by atoms with Crippen LogP contribution in [0.2, 0.25) is 5.02 Å². The van der Waals surface area contributed by atoms with Crippen molar-refractivity contribution in [3.63, 3.8) is 0 Å². The molecule has 1 saturated carbocycles. The minimum Gasteiger partial charge on any atom is -0.396 e. The van der Waals surface area contributed by atoms with E-state index in [0.29, 0.717) is 28.9 Å². The van der Waals surface area contributed by atoms with Crippen LogP contribution in [0.1, 0.15) is 48.2 Å². The summed E-state index contributed by atoms with van der Waals surface area (Å²) in [6.07, 6.45) is 4.64. The number of alkyl halides is 2. The van der Waals surface area contributed by atoms with Crippen molar-refractivity contribution in [2.45, 2.75) is 50.0 Å². The molecule has 7 heteroatoms. The molecule has 2 aromatic rings. The second-order valence-corrected chi connectivity index (χ2v) is 7.59. The predicted molar refractivity (Wildman–Crippen MR) is 99.6 cm³/mol. The summed E-state index contributed by atoms with van der Waals surface area (Å²) in [5, 5.41) is 20.0. The first-order valence-corrected chi connectivity index (χ1v) is 9.33. The van der Waals surface area contributed by atoms with Gasteiger partial charge >= 0.3 is 0 Å². The first kappa shape index (κ1) is 20.0. The molecule has 0 saturated heterocycles. The largest absolute Gasteiger partial charge is 0.396 e. The zero-order valence-corrected chi connectivity index (χ0v) is 15.6. The second-order valence-electron chi connectivity index (χ2n) is 7.18. The van der Waals surface area contributed by atoms with Gasteiger partial charge < -0.3 is 14.6 Å². The number of allylic oxidation sites excluding steroid dienone is 1. The van der Waals surface area contributed by atoms with Crippen molar-refractivity contribution in [2.24, 2.45) is 0 Å². The fraction of sp³-hybridized carbons (Fsp3) is 0.450. The normalized spacial score (nSPS) is 22.6. The van der Waals surface area contributed by atoms with Gasteiger partial charge in [-0.2, -0.15) is 0 Å². The Kier molecular flexibility index (Phi) is 5.70. The van der Waals surface area contributed by atoms with Crippen LogP contribution in [-0.4, -0.2) is 38.5 Å². The van der Waals surface area contributed by atoms with Crippen molar-refractivity contribution >= 4 is 22.9 Å². The second kappa shape index (κ2) is 7.70. The third kappa shape index (κ3) is 4.39. The highest BCUT2D eigenvalue weighted by Gasteiger charge is 2.43. The van der Waals surface area contributed by atoms with Gasteiger partial charge in [-0.25, -0.2) is 8.78 Å². The molecule has 146 valence electrons. The molecular formula is C20H22ClF2NO3. The summed E-state index contributed by atoms with van der Waals surface area (Å²) >= 11 is 6.25. The number of hydrogen-bond donors (Lipinski definition) is 2. The van der Waals surface area contributed by atoms with Gasteiger partial charge in [0.05, 0.1) is 16.1 Å². The van der Waals surface area contributed by atoms with Crippen LogP contribution >= 0.6 is 11.6 Å². The van der Waals surface area contributed by atoms with Crippen molar-refractivity contribution < 1.29 is 23.8 Å². The highest BCUT2D eigenvalue weighted by atomic mass is 35.5. The number of aliphatic hydroxyl groups excluding tert-OH is 1. The van der Waals surface area contributed by atoms with Crippen LogP contribution in [0.15, 0.2) is 36.5 Å². The summed E-state index contributed by atoms with van der Waals surface area (Å²) in [7, 11) is 0. The van der Waals surface area contributed by atoms with Crippen LogP contribution in [0, 0.1) is 0 Å². The first-order chi connectivity index (χ1) is 12.7. The Labute approximate surface area is 161 Å². The van der Waals surface area contributed by atoms with E-state index in [0.717, 1.165) is 5.69 Å². The summed E-state index contributed by atoms with van der Waals surface area (Å²) in [5.41, 5.74) is 0.180. The molecule has 0 radical (unpaired) electrons. The van der Waals surface area contributed by atoms with Gasteiger partial charge in [0.2, 0.25) is 0 Å². The van der Waals surface area contributed by atoms with E-state index in [1.165, 1.54) is 12.2 Å². The van der Waals surface area contributed by atoms with Gasteiger partial charge in [-0.1, -0.05) is 17.7 Å². The molecule has 1 fully saturated rings. The molecule has 1 aliphatic carbocycles. The Morgan fingerprint density at radius 3 is 2.85 bits per heavy atom. The lowest BCUT2D eigenvalue weighted by Gasteiger charge is -2.35. The number of halogens is 3. The quantitative estimate of drug-likeness (QED) is 0.567. The van der Waals surface area contributed by atoms with E-state index < -0.39 is 17.9 Å². The molecule has 1 aliphatic rings. The molecule has 2 aromatic heterocycles. The zero-order valence-electron chi connectivity index (χ0n) is 14.8. The number of pyridine rings is 1. The van der Waals surface area contributed by atoms with Gasteiger partial charge in [0, 0.05) is 43.3 Å². The summed E-state index contributed by atoms with van der Waals surface area (Å²) in [6, 6.07) is 5.10. The van der Waals surface area contributed by atoms with E-state index in [1.54, 1.807) is 28.8 Å². The number of carbonyl (C=O) groups is 1.